The fourth-order valence-electron chi connectivity index (χ4n) is 0.900. The van der Waals surface area contributed by atoms with Crippen molar-refractivity contribution in [2.75, 3.05) is 6.54 Å². The third kappa shape index (κ3) is 1.55. The highest BCUT2D eigenvalue weighted by Gasteiger charge is 2.25. The van der Waals surface area contributed by atoms with Crippen LogP contribution in [0.4, 0.5) is 0 Å². The van der Waals surface area contributed by atoms with E-state index in [4.69, 9.17) is 17.0 Å². The van der Waals surface area contributed by atoms with Crippen molar-refractivity contribution in [3.8, 4) is 6.07 Å². The molecule has 0 bridgehead atoms. The normalized spacial score (nSPS) is 22.5. The van der Waals surface area contributed by atoms with Crippen molar-refractivity contribution in [2.24, 2.45) is 5.10 Å². The van der Waals surface area contributed by atoms with E-state index < -0.39 is 6.17 Å². The third-order valence-electron chi connectivity index (χ3n) is 1.39. The quantitative estimate of drug-likeness (QED) is 0.583. The summed E-state index contributed by atoms with van der Waals surface area (Å²) >= 11 is 5.63. The summed E-state index contributed by atoms with van der Waals surface area (Å²) in [6.45, 7) is 2.79. The molecule has 0 amide bonds. The average Bonchev–Trinajstić information content (AvgIpc) is 2.33. The Morgan fingerprint density at radius 1 is 1.82 bits per heavy atom. The van der Waals surface area contributed by atoms with Gasteiger partial charge in [-0.2, -0.15) is 10.4 Å². The van der Waals surface area contributed by atoms with Gasteiger partial charge in [-0.1, -0.05) is 6.92 Å². The summed E-state index contributed by atoms with van der Waals surface area (Å²) in [6, 6.07) is 2.04. The fourth-order valence-corrected chi connectivity index (χ4v) is 1.08. The van der Waals surface area contributed by atoms with Gasteiger partial charge in [0.2, 0.25) is 6.17 Å². The maximum atomic E-state index is 8.64. The molecule has 4 nitrogen and oxygen atoms in total. The molecular weight excluding hydrogens is 164 g/mol. The molecule has 0 radical (unpaired) electrons. The Labute approximate surface area is 70.8 Å². The van der Waals surface area contributed by atoms with Crippen molar-refractivity contribution < 1.29 is 0 Å². The monoisotopic (exact) mass is 172 g/mol. The second-order valence-corrected chi connectivity index (χ2v) is 2.63. The third-order valence-corrected chi connectivity index (χ3v) is 1.67. The minimum Gasteiger partial charge on any atom is -0.258 e. The lowest BCUT2D eigenvalue weighted by atomic mass is 10.4. The maximum absolute atomic E-state index is 8.64. The van der Waals surface area contributed by atoms with Gasteiger partial charge in [-0.3, -0.25) is 5.01 Å². The molecule has 0 aliphatic carbocycles. The highest BCUT2D eigenvalue weighted by atomic mass is 35.5. The smallest absolute Gasteiger partial charge is 0.221 e. The van der Waals surface area contributed by atoms with Gasteiger partial charge >= 0.3 is 0 Å². The van der Waals surface area contributed by atoms with Crippen LogP contribution in [0, 0.1) is 11.3 Å². The van der Waals surface area contributed by atoms with Gasteiger partial charge in [-0.25, -0.2) is 4.42 Å². The number of hydrazone groups is 1. The van der Waals surface area contributed by atoms with Gasteiger partial charge in [-0.05, 0) is 6.42 Å². The van der Waals surface area contributed by atoms with Gasteiger partial charge in [0.15, 0.2) is 0 Å². The second kappa shape index (κ2) is 3.44. The van der Waals surface area contributed by atoms with E-state index in [1.807, 2.05) is 13.0 Å². The molecule has 5 heteroatoms. The molecule has 0 N–H and O–H groups in total. The van der Waals surface area contributed by atoms with Gasteiger partial charge in [0.1, 0.15) is 12.4 Å². The Morgan fingerprint density at radius 2 is 2.55 bits per heavy atom. The van der Waals surface area contributed by atoms with E-state index in [9.17, 15) is 0 Å². The van der Waals surface area contributed by atoms with E-state index in [2.05, 4.69) is 5.10 Å². The van der Waals surface area contributed by atoms with Crippen LogP contribution in [-0.2, 0) is 0 Å². The second-order valence-electron chi connectivity index (χ2n) is 2.24. The highest BCUT2D eigenvalue weighted by molar-refractivity contribution is 6.19. The first-order valence-corrected chi connectivity index (χ1v) is 3.78. The molecule has 1 heterocycles. The molecule has 0 saturated carbocycles. The van der Waals surface area contributed by atoms with Crippen LogP contribution in [0.2, 0.25) is 0 Å². The zero-order chi connectivity index (χ0) is 8.27. The molecule has 1 aliphatic rings. The largest absolute Gasteiger partial charge is 0.258 e. The summed E-state index contributed by atoms with van der Waals surface area (Å²) in [5.41, 5.74) is 0. The van der Waals surface area contributed by atoms with E-state index in [0.29, 0.717) is 0 Å². The van der Waals surface area contributed by atoms with Gasteiger partial charge in [0.25, 0.3) is 0 Å². The fraction of sp³-hybridized carbons (Fsp3) is 0.667. The van der Waals surface area contributed by atoms with Crippen molar-refractivity contribution in [2.45, 2.75) is 19.5 Å². The lowest BCUT2D eigenvalue weighted by Crippen LogP contribution is -2.33. The van der Waals surface area contributed by atoms with Crippen LogP contribution in [0.5, 0.6) is 0 Å². The van der Waals surface area contributed by atoms with E-state index in [1.54, 1.807) is 5.01 Å². The predicted molar refractivity (Wildman–Crippen MR) is 42.6 cm³/mol. The molecular formula is C6H9ClN4. The van der Waals surface area contributed by atoms with Crippen molar-refractivity contribution >= 4 is 18.1 Å². The van der Waals surface area contributed by atoms with Crippen LogP contribution < -0.4 is 0 Å². The lowest BCUT2D eigenvalue weighted by molar-refractivity contribution is 0.223. The number of hydrogen-bond acceptors (Lipinski definition) is 4. The minimum absolute atomic E-state index is 0.434. The number of halogens is 1. The Kier molecular flexibility index (Phi) is 2.55. The van der Waals surface area contributed by atoms with Crippen molar-refractivity contribution in [3.63, 3.8) is 0 Å². The molecule has 0 aromatic heterocycles. The number of nitrogens with zero attached hydrogens (tertiary/aromatic N) is 4. The Balaban J connectivity index is 2.55. The number of rotatable bonds is 2. The number of nitriles is 1. The zero-order valence-electron chi connectivity index (χ0n) is 6.24. The van der Waals surface area contributed by atoms with Gasteiger partial charge in [0, 0.05) is 18.3 Å². The van der Waals surface area contributed by atoms with Crippen LogP contribution in [0.1, 0.15) is 13.3 Å². The SMILES string of the molecule is CCCN1N=CN(Cl)C1C#N. The van der Waals surface area contributed by atoms with Crippen molar-refractivity contribution in [3.05, 3.63) is 0 Å². The Hall–Kier alpha value is -0.950. The summed E-state index contributed by atoms with van der Waals surface area (Å²) < 4.78 is 1.27. The summed E-state index contributed by atoms with van der Waals surface area (Å²) in [4.78, 5) is 0. The maximum Gasteiger partial charge on any atom is 0.221 e. The van der Waals surface area contributed by atoms with Crippen molar-refractivity contribution in [1.29, 1.82) is 5.26 Å². The van der Waals surface area contributed by atoms with Gasteiger partial charge < -0.3 is 0 Å². The van der Waals surface area contributed by atoms with Crippen LogP contribution in [0.15, 0.2) is 5.10 Å². The number of hydrogen-bond donors (Lipinski definition) is 0. The molecule has 0 aromatic rings. The molecule has 1 rings (SSSR count). The highest BCUT2D eigenvalue weighted by Crippen LogP contribution is 2.13. The van der Waals surface area contributed by atoms with Crippen LogP contribution in [0.3, 0.4) is 0 Å². The molecule has 1 atom stereocenters. The molecule has 1 aliphatic heterocycles. The first-order valence-electron chi connectivity index (χ1n) is 3.44. The van der Waals surface area contributed by atoms with Gasteiger partial charge in [0.05, 0.1) is 0 Å². The first-order chi connectivity index (χ1) is 5.29. The van der Waals surface area contributed by atoms with E-state index in [-0.39, 0.29) is 0 Å². The van der Waals surface area contributed by atoms with E-state index in [0.717, 1.165) is 13.0 Å². The molecule has 60 valence electrons. The first kappa shape index (κ1) is 8.15. The minimum atomic E-state index is -0.434. The Bertz CT molecular complexity index is 197. The summed E-state index contributed by atoms with van der Waals surface area (Å²) in [5.74, 6) is 0. The topological polar surface area (TPSA) is 42.6 Å². The van der Waals surface area contributed by atoms with Crippen LogP contribution in [-0.4, -0.2) is 28.5 Å². The van der Waals surface area contributed by atoms with Gasteiger partial charge in [-0.15, -0.1) is 0 Å². The van der Waals surface area contributed by atoms with Crippen molar-refractivity contribution in [1.82, 2.24) is 9.43 Å². The molecule has 11 heavy (non-hydrogen) atoms. The molecule has 0 fully saturated rings. The summed E-state index contributed by atoms with van der Waals surface area (Å²) in [6.07, 6.45) is 1.97. The lowest BCUT2D eigenvalue weighted by Gasteiger charge is -2.18. The van der Waals surface area contributed by atoms with Crippen LogP contribution >= 0.6 is 11.8 Å². The summed E-state index contributed by atoms with van der Waals surface area (Å²) in [7, 11) is 0. The molecule has 1 unspecified atom stereocenters. The van der Waals surface area contributed by atoms with E-state index in [1.165, 1.54) is 10.8 Å². The Morgan fingerprint density at radius 3 is 3.09 bits per heavy atom. The average molecular weight is 173 g/mol. The standard InChI is InChI=1S/C6H9ClN4/c1-2-3-11-6(4-8)10(7)5-9-11/h5-6H,2-3H2,1H3. The van der Waals surface area contributed by atoms with E-state index >= 15 is 0 Å². The summed E-state index contributed by atoms with van der Waals surface area (Å²) in [5, 5.41) is 14.2. The molecule has 0 saturated heterocycles. The predicted octanol–water partition coefficient (Wildman–Crippen LogP) is 0.961. The molecule has 0 spiro atoms. The zero-order valence-corrected chi connectivity index (χ0v) is 6.99. The molecule has 0 aromatic carbocycles. The van der Waals surface area contributed by atoms with Crippen LogP contribution in [0.25, 0.3) is 0 Å².